The highest BCUT2D eigenvalue weighted by molar-refractivity contribution is 5.78. The minimum absolute atomic E-state index is 0.267. The molecule has 0 bridgehead atoms. The maximum atomic E-state index is 13.6. The molecule has 1 unspecified atom stereocenters. The summed E-state index contributed by atoms with van der Waals surface area (Å²) in [4.78, 5) is 22.3. The van der Waals surface area contributed by atoms with Gasteiger partial charge in [0.1, 0.15) is 17.7 Å². The van der Waals surface area contributed by atoms with E-state index in [2.05, 4.69) is 9.97 Å². The monoisotopic (exact) mass is 345 g/mol. The number of ether oxygens (including phenoxy) is 1. The molecule has 0 aliphatic carbocycles. The topological polar surface area (TPSA) is 75.5 Å². The second-order valence-electron chi connectivity index (χ2n) is 6.03. The Kier molecular flexibility index (Phi) is 5.23. The minimum atomic E-state index is -0.862. The summed E-state index contributed by atoms with van der Waals surface area (Å²) in [7, 11) is 1.56. The largest absolute Gasteiger partial charge is 0.480 e. The maximum absolute atomic E-state index is 13.6. The van der Waals surface area contributed by atoms with Crippen LogP contribution >= 0.6 is 0 Å². The van der Waals surface area contributed by atoms with E-state index in [1.165, 1.54) is 12.1 Å². The molecule has 0 saturated carbocycles. The lowest BCUT2D eigenvalue weighted by Gasteiger charge is -2.34. The molecule has 3 rings (SSSR count). The van der Waals surface area contributed by atoms with E-state index in [4.69, 9.17) is 4.74 Å². The van der Waals surface area contributed by atoms with Crippen LogP contribution in [-0.4, -0.2) is 40.7 Å². The van der Waals surface area contributed by atoms with Crippen molar-refractivity contribution >= 4 is 11.8 Å². The molecule has 1 saturated heterocycles. The van der Waals surface area contributed by atoms with Gasteiger partial charge in [-0.05, 0) is 31.4 Å². The van der Waals surface area contributed by atoms with E-state index >= 15 is 0 Å². The second kappa shape index (κ2) is 7.57. The van der Waals surface area contributed by atoms with E-state index in [-0.39, 0.29) is 12.4 Å². The SMILES string of the molecule is COCc1cc(N2CCCCC2C(=O)O)nc(-c2cccc(F)c2)n1. The molecule has 1 aliphatic rings. The van der Waals surface area contributed by atoms with Crippen LogP contribution in [0.5, 0.6) is 0 Å². The van der Waals surface area contributed by atoms with Crippen molar-refractivity contribution in [2.75, 3.05) is 18.6 Å². The summed E-state index contributed by atoms with van der Waals surface area (Å²) in [5.74, 6) is -0.340. The van der Waals surface area contributed by atoms with Crippen molar-refractivity contribution in [1.29, 1.82) is 0 Å². The molecule has 1 aromatic carbocycles. The number of hydrogen-bond acceptors (Lipinski definition) is 5. The lowest BCUT2D eigenvalue weighted by atomic mass is 10.0. The van der Waals surface area contributed by atoms with Crippen LogP contribution in [0.15, 0.2) is 30.3 Å². The Morgan fingerprint density at radius 3 is 2.92 bits per heavy atom. The molecule has 6 nitrogen and oxygen atoms in total. The molecule has 1 atom stereocenters. The summed E-state index contributed by atoms with van der Waals surface area (Å²) in [6, 6.07) is 7.17. The molecular formula is C18H20FN3O3. The van der Waals surface area contributed by atoms with Crippen molar-refractivity contribution in [3.8, 4) is 11.4 Å². The molecule has 25 heavy (non-hydrogen) atoms. The summed E-state index contributed by atoms with van der Waals surface area (Å²) in [5.41, 5.74) is 1.17. The van der Waals surface area contributed by atoms with Crippen molar-refractivity contribution in [1.82, 2.24) is 9.97 Å². The van der Waals surface area contributed by atoms with Gasteiger partial charge in [0, 0.05) is 25.3 Å². The van der Waals surface area contributed by atoms with Gasteiger partial charge in [0.15, 0.2) is 5.82 Å². The third-order valence-electron chi connectivity index (χ3n) is 4.22. The van der Waals surface area contributed by atoms with E-state index < -0.39 is 12.0 Å². The lowest BCUT2D eigenvalue weighted by Crippen LogP contribution is -2.45. The van der Waals surface area contributed by atoms with Gasteiger partial charge in [-0.1, -0.05) is 12.1 Å². The fourth-order valence-corrected chi connectivity index (χ4v) is 3.07. The van der Waals surface area contributed by atoms with Gasteiger partial charge in [-0.2, -0.15) is 0 Å². The molecule has 2 aromatic rings. The number of aliphatic carboxylic acids is 1. The highest BCUT2D eigenvalue weighted by Crippen LogP contribution is 2.27. The molecule has 0 amide bonds. The van der Waals surface area contributed by atoms with Crippen LogP contribution in [0.25, 0.3) is 11.4 Å². The number of benzene rings is 1. The van der Waals surface area contributed by atoms with Gasteiger partial charge in [-0.3, -0.25) is 0 Å². The van der Waals surface area contributed by atoms with Gasteiger partial charge >= 0.3 is 5.97 Å². The van der Waals surface area contributed by atoms with Gasteiger partial charge in [0.2, 0.25) is 0 Å². The minimum Gasteiger partial charge on any atom is -0.480 e. The molecule has 1 fully saturated rings. The first-order chi connectivity index (χ1) is 12.1. The third-order valence-corrected chi connectivity index (χ3v) is 4.22. The predicted octanol–water partition coefficient (Wildman–Crippen LogP) is 2.87. The van der Waals surface area contributed by atoms with Gasteiger partial charge < -0.3 is 14.7 Å². The van der Waals surface area contributed by atoms with E-state index in [9.17, 15) is 14.3 Å². The first kappa shape index (κ1) is 17.3. The number of anilines is 1. The van der Waals surface area contributed by atoms with Gasteiger partial charge in [0.05, 0.1) is 12.3 Å². The maximum Gasteiger partial charge on any atom is 0.326 e. The molecule has 1 aromatic heterocycles. The summed E-state index contributed by atoms with van der Waals surface area (Å²) in [6.45, 7) is 0.881. The Morgan fingerprint density at radius 1 is 1.36 bits per heavy atom. The van der Waals surface area contributed by atoms with Crippen molar-refractivity contribution in [2.45, 2.75) is 31.9 Å². The fraction of sp³-hybridized carbons (Fsp3) is 0.389. The number of hydrogen-bond donors (Lipinski definition) is 1. The molecule has 1 aliphatic heterocycles. The highest BCUT2D eigenvalue weighted by Gasteiger charge is 2.30. The van der Waals surface area contributed by atoms with Crippen molar-refractivity contribution in [2.24, 2.45) is 0 Å². The van der Waals surface area contributed by atoms with Crippen molar-refractivity contribution in [3.63, 3.8) is 0 Å². The van der Waals surface area contributed by atoms with Crippen LogP contribution < -0.4 is 4.90 Å². The first-order valence-corrected chi connectivity index (χ1v) is 8.21. The van der Waals surface area contributed by atoms with Crippen LogP contribution in [0.1, 0.15) is 25.0 Å². The number of carboxylic acid groups (broad SMARTS) is 1. The molecule has 132 valence electrons. The third kappa shape index (κ3) is 3.93. The average molecular weight is 345 g/mol. The zero-order valence-corrected chi connectivity index (χ0v) is 14.0. The Bertz CT molecular complexity index is 769. The van der Waals surface area contributed by atoms with Gasteiger partial charge in [0.25, 0.3) is 0 Å². The molecule has 2 heterocycles. The number of aromatic nitrogens is 2. The number of nitrogens with zero attached hydrogens (tertiary/aromatic N) is 3. The number of rotatable bonds is 5. The lowest BCUT2D eigenvalue weighted by molar-refractivity contribution is -0.139. The number of carboxylic acids is 1. The van der Waals surface area contributed by atoms with E-state index in [0.29, 0.717) is 35.9 Å². The summed E-state index contributed by atoms with van der Waals surface area (Å²) < 4.78 is 18.7. The normalized spacial score (nSPS) is 17.5. The number of methoxy groups -OCH3 is 1. The molecule has 0 spiro atoms. The van der Waals surface area contributed by atoms with Crippen molar-refractivity contribution < 1.29 is 19.0 Å². The molecular weight excluding hydrogens is 325 g/mol. The van der Waals surface area contributed by atoms with Crippen molar-refractivity contribution in [3.05, 3.63) is 41.8 Å². The molecule has 0 radical (unpaired) electrons. The van der Waals surface area contributed by atoms with E-state index in [1.54, 1.807) is 30.2 Å². The standard InChI is InChI=1S/C18H20FN3O3/c1-25-11-14-10-16(22-8-3-2-7-15(22)18(23)24)21-17(20-14)12-5-4-6-13(19)9-12/h4-6,9-10,15H,2-3,7-8,11H2,1H3,(H,23,24). The van der Waals surface area contributed by atoms with E-state index in [0.717, 1.165) is 12.8 Å². The van der Waals surface area contributed by atoms with E-state index in [1.807, 2.05) is 0 Å². The fourth-order valence-electron chi connectivity index (χ4n) is 3.07. The van der Waals surface area contributed by atoms with Crippen LogP contribution in [0.4, 0.5) is 10.2 Å². The molecule has 7 heteroatoms. The van der Waals surface area contributed by atoms with Crippen LogP contribution in [0.3, 0.4) is 0 Å². The summed E-state index contributed by atoms with van der Waals surface area (Å²) in [6.07, 6.45) is 2.36. The average Bonchev–Trinajstić information content (AvgIpc) is 2.62. The number of carbonyl (C=O) groups is 1. The zero-order chi connectivity index (χ0) is 17.8. The van der Waals surface area contributed by atoms with Gasteiger partial charge in [-0.15, -0.1) is 0 Å². The Hall–Kier alpha value is -2.54. The molecule has 1 N–H and O–H groups in total. The summed E-state index contributed by atoms with van der Waals surface area (Å²) >= 11 is 0. The Labute approximate surface area is 145 Å². The first-order valence-electron chi connectivity index (χ1n) is 8.21. The number of halogens is 1. The summed E-state index contributed by atoms with van der Waals surface area (Å²) in [5, 5.41) is 9.51. The zero-order valence-electron chi connectivity index (χ0n) is 14.0. The van der Waals surface area contributed by atoms with Crippen LogP contribution in [0.2, 0.25) is 0 Å². The van der Waals surface area contributed by atoms with Crippen LogP contribution in [0, 0.1) is 5.82 Å². The smallest absolute Gasteiger partial charge is 0.326 e. The van der Waals surface area contributed by atoms with Gasteiger partial charge in [-0.25, -0.2) is 19.2 Å². The predicted molar refractivity (Wildman–Crippen MR) is 90.8 cm³/mol. The second-order valence-corrected chi connectivity index (χ2v) is 6.03. The highest BCUT2D eigenvalue weighted by atomic mass is 19.1. The Morgan fingerprint density at radius 2 is 2.20 bits per heavy atom. The van der Waals surface area contributed by atoms with Crippen LogP contribution in [-0.2, 0) is 16.1 Å². The quantitative estimate of drug-likeness (QED) is 0.898. The number of piperidine rings is 1. The Balaban J connectivity index is 2.04.